The van der Waals surface area contributed by atoms with Crippen molar-refractivity contribution in [1.82, 2.24) is 4.90 Å². The van der Waals surface area contributed by atoms with Crippen LogP contribution in [-0.4, -0.2) is 46.1 Å². The predicted octanol–water partition coefficient (Wildman–Crippen LogP) is 2.28. The van der Waals surface area contributed by atoms with Crippen LogP contribution in [0.2, 0.25) is 5.02 Å². The van der Waals surface area contributed by atoms with Crippen LogP contribution in [-0.2, 0) is 4.79 Å². The highest BCUT2D eigenvalue weighted by molar-refractivity contribution is 6.33. The molecule has 2 rings (SSSR count). The van der Waals surface area contributed by atoms with E-state index in [9.17, 15) is 20.0 Å². The highest BCUT2D eigenvalue weighted by Crippen LogP contribution is 2.27. The van der Waals surface area contributed by atoms with E-state index in [1.165, 1.54) is 18.2 Å². The lowest BCUT2D eigenvalue weighted by Crippen LogP contribution is -2.50. The van der Waals surface area contributed by atoms with Crippen LogP contribution in [0.4, 0.5) is 11.4 Å². The van der Waals surface area contributed by atoms with Crippen LogP contribution in [0.3, 0.4) is 0 Å². The van der Waals surface area contributed by atoms with Crippen molar-refractivity contribution in [1.29, 1.82) is 0 Å². The monoisotopic (exact) mass is 341 g/mol. The summed E-state index contributed by atoms with van der Waals surface area (Å²) in [5, 5.41) is 23.6. The number of β-amino-alcohol motifs (C(OH)–C–C–N with tert-alkyl or cyclic N) is 1. The molecule has 1 aliphatic heterocycles. The zero-order valence-corrected chi connectivity index (χ0v) is 13.8. The molecule has 126 valence electrons. The molecule has 3 unspecified atom stereocenters. The largest absolute Gasteiger partial charge is 0.392 e. The summed E-state index contributed by atoms with van der Waals surface area (Å²) < 4.78 is 0. The van der Waals surface area contributed by atoms with Gasteiger partial charge in [-0.2, -0.15) is 0 Å². The number of benzene rings is 1. The third kappa shape index (κ3) is 4.19. The molecule has 1 amide bonds. The average Bonchev–Trinajstić information content (AvgIpc) is 2.51. The fourth-order valence-corrected chi connectivity index (χ4v) is 2.72. The zero-order valence-electron chi connectivity index (χ0n) is 13.0. The molecule has 2 N–H and O–H groups in total. The van der Waals surface area contributed by atoms with Crippen molar-refractivity contribution >= 4 is 28.9 Å². The molecular formula is C15H20ClN3O4. The zero-order chi connectivity index (χ0) is 17.1. The number of halogens is 1. The molecule has 1 aromatic carbocycles. The first-order valence-corrected chi connectivity index (χ1v) is 7.84. The lowest BCUT2D eigenvalue weighted by molar-refractivity contribution is -0.384. The number of hydrogen-bond acceptors (Lipinski definition) is 5. The SMILES string of the molecule is CC1CCN(C(C)C(=O)Nc2cc([N+](=O)[O-])ccc2Cl)CC1O. The summed E-state index contributed by atoms with van der Waals surface area (Å²) in [7, 11) is 0. The number of aliphatic hydroxyl groups excluding tert-OH is 1. The molecule has 8 heteroatoms. The molecule has 1 fully saturated rings. The van der Waals surface area contributed by atoms with Crippen LogP contribution in [0, 0.1) is 16.0 Å². The van der Waals surface area contributed by atoms with Gasteiger partial charge in [0.05, 0.1) is 27.8 Å². The predicted molar refractivity (Wildman–Crippen MR) is 87.6 cm³/mol. The highest BCUT2D eigenvalue weighted by Gasteiger charge is 2.30. The molecule has 0 spiro atoms. The van der Waals surface area contributed by atoms with Crippen LogP contribution in [0.15, 0.2) is 18.2 Å². The number of piperidine rings is 1. The fraction of sp³-hybridized carbons (Fsp3) is 0.533. The molecular weight excluding hydrogens is 322 g/mol. The van der Waals surface area contributed by atoms with Crippen molar-refractivity contribution in [3.05, 3.63) is 33.3 Å². The quantitative estimate of drug-likeness (QED) is 0.647. The van der Waals surface area contributed by atoms with E-state index in [1.807, 2.05) is 11.8 Å². The van der Waals surface area contributed by atoms with Crippen molar-refractivity contribution in [2.24, 2.45) is 5.92 Å². The third-order valence-corrected chi connectivity index (χ3v) is 4.63. The summed E-state index contributed by atoms with van der Waals surface area (Å²) in [6.45, 7) is 4.87. The molecule has 0 saturated carbocycles. The van der Waals surface area contributed by atoms with Gasteiger partial charge in [-0.05, 0) is 31.9 Å². The minimum absolute atomic E-state index is 0.139. The molecule has 1 aromatic rings. The van der Waals surface area contributed by atoms with Crippen molar-refractivity contribution in [2.45, 2.75) is 32.4 Å². The Hall–Kier alpha value is -1.70. The molecule has 0 aliphatic carbocycles. The number of non-ortho nitro benzene ring substituents is 1. The Morgan fingerprint density at radius 3 is 2.87 bits per heavy atom. The van der Waals surface area contributed by atoms with Gasteiger partial charge >= 0.3 is 0 Å². The van der Waals surface area contributed by atoms with Gasteiger partial charge in [0.1, 0.15) is 0 Å². The number of carbonyl (C=O) groups is 1. The Kier molecular flexibility index (Phi) is 5.56. The van der Waals surface area contributed by atoms with Gasteiger partial charge in [-0.3, -0.25) is 19.8 Å². The first-order chi connectivity index (χ1) is 10.8. The number of hydrogen-bond donors (Lipinski definition) is 2. The van der Waals surface area contributed by atoms with Gasteiger partial charge in [0.2, 0.25) is 5.91 Å². The minimum atomic E-state index is -0.544. The van der Waals surface area contributed by atoms with E-state index >= 15 is 0 Å². The van der Waals surface area contributed by atoms with E-state index in [-0.39, 0.29) is 28.2 Å². The van der Waals surface area contributed by atoms with Crippen LogP contribution >= 0.6 is 11.6 Å². The average molecular weight is 342 g/mol. The maximum atomic E-state index is 12.4. The van der Waals surface area contributed by atoms with Gasteiger partial charge in [0.15, 0.2) is 0 Å². The lowest BCUT2D eigenvalue weighted by Gasteiger charge is -2.37. The van der Waals surface area contributed by atoms with Gasteiger partial charge < -0.3 is 10.4 Å². The van der Waals surface area contributed by atoms with Gasteiger partial charge in [-0.15, -0.1) is 0 Å². The molecule has 1 heterocycles. The number of aliphatic hydroxyl groups is 1. The number of nitro benzene ring substituents is 1. The Labute approximate surface area is 139 Å². The number of nitro groups is 1. The van der Waals surface area contributed by atoms with Gasteiger partial charge in [0.25, 0.3) is 5.69 Å². The van der Waals surface area contributed by atoms with Crippen molar-refractivity contribution in [2.75, 3.05) is 18.4 Å². The topological polar surface area (TPSA) is 95.7 Å². The first-order valence-electron chi connectivity index (χ1n) is 7.46. The van der Waals surface area contributed by atoms with Gasteiger partial charge in [-0.25, -0.2) is 0 Å². The maximum absolute atomic E-state index is 12.4. The second-order valence-electron chi connectivity index (χ2n) is 5.91. The summed E-state index contributed by atoms with van der Waals surface area (Å²) in [6.07, 6.45) is 0.358. The summed E-state index contributed by atoms with van der Waals surface area (Å²) in [5.74, 6) is -0.0955. The molecule has 7 nitrogen and oxygen atoms in total. The molecule has 0 aromatic heterocycles. The maximum Gasteiger partial charge on any atom is 0.271 e. The van der Waals surface area contributed by atoms with Crippen LogP contribution in [0.25, 0.3) is 0 Å². The van der Waals surface area contributed by atoms with Crippen LogP contribution < -0.4 is 5.32 Å². The van der Waals surface area contributed by atoms with E-state index in [4.69, 9.17) is 11.6 Å². The van der Waals surface area contributed by atoms with E-state index in [0.717, 1.165) is 13.0 Å². The number of nitrogens with zero attached hydrogens (tertiary/aromatic N) is 2. The molecule has 0 bridgehead atoms. The first kappa shape index (κ1) is 17.7. The number of rotatable bonds is 4. The molecule has 23 heavy (non-hydrogen) atoms. The van der Waals surface area contributed by atoms with Crippen molar-refractivity contribution in [3.8, 4) is 0 Å². The summed E-state index contributed by atoms with van der Waals surface area (Å²) in [4.78, 5) is 24.5. The third-order valence-electron chi connectivity index (χ3n) is 4.30. The Morgan fingerprint density at radius 2 is 2.26 bits per heavy atom. The van der Waals surface area contributed by atoms with Gasteiger partial charge in [0, 0.05) is 18.7 Å². The smallest absolute Gasteiger partial charge is 0.271 e. The Balaban J connectivity index is 2.06. The van der Waals surface area contributed by atoms with Crippen LogP contribution in [0.1, 0.15) is 20.3 Å². The molecule has 1 saturated heterocycles. The van der Waals surface area contributed by atoms with E-state index in [0.29, 0.717) is 6.54 Å². The number of amides is 1. The van der Waals surface area contributed by atoms with Gasteiger partial charge in [-0.1, -0.05) is 18.5 Å². The normalized spacial score (nSPS) is 23.3. The summed E-state index contributed by atoms with van der Waals surface area (Å²) in [5.41, 5.74) is 0.0724. The number of anilines is 1. The molecule has 3 atom stereocenters. The Morgan fingerprint density at radius 1 is 1.57 bits per heavy atom. The fourth-order valence-electron chi connectivity index (χ4n) is 2.55. The number of carbonyl (C=O) groups excluding carboxylic acids is 1. The minimum Gasteiger partial charge on any atom is -0.392 e. The van der Waals surface area contributed by atoms with Crippen molar-refractivity contribution < 1.29 is 14.8 Å². The van der Waals surface area contributed by atoms with Crippen molar-refractivity contribution in [3.63, 3.8) is 0 Å². The molecule has 0 radical (unpaired) electrons. The second kappa shape index (κ2) is 7.25. The summed E-state index contributed by atoms with van der Waals surface area (Å²) in [6, 6.07) is 3.43. The molecule has 1 aliphatic rings. The number of nitrogens with one attached hydrogen (secondary N) is 1. The second-order valence-corrected chi connectivity index (χ2v) is 6.32. The number of likely N-dealkylation sites (tertiary alicyclic amines) is 1. The van der Waals surface area contributed by atoms with E-state index in [2.05, 4.69) is 5.32 Å². The lowest BCUT2D eigenvalue weighted by atomic mass is 9.95. The van der Waals surface area contributed by atoms with Crippen LogP contribution in [0.5, 0.6) is 0 Å². The highest BCUT2D eigenvalue weighted by atomic mass is 35.5. The standard InChI is InChI=1S/C15H20ClN3O4/c1-9-5-6-18(8-14(9)20)10(2)15(21)17-13-7-11(19(22)23)3-4-12(13)16/h3-4,7,9-10,14,20H,5-6,8H2,1-2H3,(H,17,21). The summed E-state index contributed by atoms with van der Waals surface area (Å²) >= 11 is 5.99. The van der Waals surface area contributed by atoms with E-state index in [1.54, 1.807) is 6.92 Å². The Bertz CT molecular complexity index is 610. The van der Waals surface area contributed by atoms with E-state index < -0.39 is 17.1 Å².